The molecule has 2 aliphatic heterocycles. The van der Waals surface area contributed by atoms with Crippen molar-refractivity contribution in [3.63, 3.8) is 0 Å². The SMILES string of the molecule is CC(C)C(=O)N1CCCCC1C(=O)NC1CCN(C2CC2)C1. The lowest BCUT2D eigenvalue weighted by atomic mass is 9.99. The smallest absolute Gasteiger partial charge is 0.243 e. The lowest BCUT2D eigenvalue weighted by Gasteiger charge is -2.36. The summed E-state index contributed by atoms with van der Waals surface area (Å²) in [6, 6.07) is 0.792. The van der Waals surface area contributed by atoms with E-state index in [4.69, 9.17) is 0 Å². The first-order valence-electron chi connectivity index (χ1n) is 8.91. The Balaban J connectivity index is 1.56. The lowest BCUT2D eigenvalue weighted by molar-refractivity contribution is -0.144. The van der Waals surface area contributed by atoms with Crippen LogP contribution in [0.5, 0.6) is 0 Å². The second-order valence-electron chi connectivity index (χ2n) is 7.42. The lowest BCUT2D eigenvalue weighted by Crippen LogP contribution is -2.54. The van der Waals surface area contributed by atoms with E-state index in [9.17, 15) is 9.59 Å². The van der Waals surface area contributed by atoms with E-state index in [0.29, 0.717) is 0 Å². The normalized spacial score (nSPS) is 29.9. The van der Waals surface area contributed by atoms with Gasteiger partial charge in [-0.3, -0.25) is 14.5 Å². The number of hydrogen-bond donors (Lipinski definition) is 1. The van der Waals surface area contributed by atoms with Gasteiger partial charge in [-0.05, 0) is 38.5 Å². The van der Waals surface area contributed by atoms with E-state index in [1.165, 1.54) is 12.8 Å². The second-order valence-corrected chi connectivity index (χ2v) is 7.42. The highest BCUT2D eigenvalue weighted by Gasteiger charge is 2.37. The highest BCUT2D eigenvalue weighted by Crippen LogP contribution is 2.30. The molecule has 1 N–H and O–H groups in total. The summed E-state index contributed by atoms with van der Waals surface area (Å²) < 4.78 is 0. The van der Waals surface area contributed by atoms with Crippen LogP contribution in [0.15, 0.2) is 0 Å². The van der Waals surface area contributed by atoms with Crippen molar-refractivity contribution in [1.29, 1.82) is 0 Å². The highest BCUT2D eigenvalue weighted by molar-refractivity contribution is 5.88. The van der Waals surface area contributed by atoms with Crippen LogP contribution in [0.2, 0.25) is 0 Å². The van der Waals surface area contributed by atoms with Crippen molar-refractivity contribution in [2.24, 2.45) is 5.92 Å². The van der Waals surface area contributed by atoms with Crippen LogP contribution in [0.25, 0.3) is 0 Å². The van der Waals surface area contributed by atoms with E-state index in [-0.39, 0.29) is 29.8 Å². The maximum Gasteiger partial charge on any atom is 0.243 e. The van der Waals surface area contributed by atoms with Gasteiger partial charge in [-0.25, -0.2) is 0 Å². The van der Waals surface area contributed by atoms with Crippen LogP contribution < -0.4 is 5.32 Å². The molecule has 0 radical (unpaired) electrons. The number of carbonyl (C=O) groups excluding carboxylic acids is 2. The number of nitrogens with zero attached hydrogens (tertiary/aromatic N) is 2. The van der Waals surface area contributed by atoms with E-state index in [1.54, 1.807) is 0 Å². The third-order valence-electron chi connectivity index (χ3n) is 5.21. The van der Waals surface area contributed by atoms with Gasteiger partial charge in [-0.15, -0.1) is 0 Å². The molecule has 3 rings (SSSR count). The Kier molecular flexibility index (Phi) is 4.71. The van der Waals surface area contributed by atoms with Crippen LogP contribution in [0, 0.1) is 5.92 Å². The average molecular weight is 307 g/mol. The van der Waals surface area contributed by atoms with Crippen molar-refractivity contribution in [3.8, 4) is 0 Å². The van der Waals surface area contributed by atoms with Gasteiger partial charge in [0.15, 0.2) is 0 Å². The molecular weight excluding hydrogens is 278 g/mol. The fourth-order valence-corrected chi connectivity index (χ4v) is 3.77. The zero-order valence-corrected chi connectivity index (χ0v) is 13.9. The van der Waals surface area contributed by atoms with Gasteiger partial charge in [0.05, 0.1) is 0 Å². The molecule has 2 amide bonds. The van der Waals surface area contributed by atoms with E-state index >= 15 is 0 Å². The van der Waals surface area contributed by atoms with E-state index in [2.05, 4.69) is 10.2 Å². The number of likely N-dealkylation sites (tertiary alicyclic amines) is 2. The molecule has 0 aromatic carbocycles. The van der Waals surface area contributed by atoms with Crippen molar-refractivity contribution in [2.45, 2.75) is 70.5 Å². The fraction of sp³-hybridized carbons (Fsp3) is 0.882. The molecule has 0 aromatic rings. The van der Waals surface area contributed by atoms with Crippen LogP contribution in [0.3, 0.4) is 0 Å². The van der Waals surface area contributed by atoms with Crippen molar-refractivity contribution in [1.82, 2.24) is 15.1 Å². The first-order valence-corrected chi connectivity index (χ1v) is 8.91. The summed E-state index contributed by atoms with van der Waals surface area (Å²) in [7, 11) is 0. The maximum absolute atomic E-state index is 12.7. The van der Waals surface area contributed by atoms with Crippen LogP contribution in [0.4, 0.5) is 0 Å². The van der Waals surface area contributed by atoms with Gasteiger partial charge in [-0.2, -0.15) is 0 Å². The summed E-state index contributed by atoms with van der Waals surface area (Å²) in [6.45, 7) is 6.65. The Morgan fingerprint density at radius 1 is 1.05 bits per heavy atom. The monoisotopic (exact) mass is 307 g/mol. The minimum Gasteiger partial charge on any atom is -0.350 e. The molecule has 124 valence electrons. The van der Waals surface area contributed by atoms with Gasteiger partial charge in [-0.1, -0.05) is 13.8 Å². The molecule has 0 bridgehead atoms. The zero-order chi connectivity index (χ0) is 15.7. The van der Waals surface area contributed by atoms with Gasteiger partial charge in [0.2, 0.25) is 11.8 Å². The molecule has 1 saturated carbocycles. The van der Waals surface area contributed by atoms with Crippen LogP contribution >= 0.6 is 0 Å². The number of rotatable bonds is 4. The maximum atomic E-state index is 12.7. The quantitative estimate of drug-likeness (QED) is 0.853. The third-order valence-corrected chi connectivity index (χ3v) is 5.21. The fourth-order valence-electron chi connectivity index (χ4n) is 3.77. The minimum absolute atomic E-state index is 0.0368. The van der Waals surface area contributed by atoms with Gasteiger partial charge in [0.25, 0.3) is 0 Å². The third kappa shape index (κ3) is 3.45. The predicted octanol–water partition coefficient (Wildman–Crippen LogP) is 1.38. The van der Waals surface area contributed by atoms with Crippen LogP contribution in [-0.2, 0) is 9.59 Å². The Morgan fingerprint density at radius 2 is 1.82 bits per heavy atom. The van der Waals surface area contributed by atoms with Crippen LogP contribution in [-0.4, -0.2) is 59.4 Å². The number of carbonyl (C=O) groups is 2. The van der Waals surface area contributed by atoms with Crippen molar-refractivity contribution in [3.05, 3.63) is 0 Å². The molecule has 5 heteroatoms. The Labute approximate surface area is 133 Å². The minimum atomic E-state index is -0.251. The molecule has 2 unspecified atom stereocenters. The molecule has 3 fully saturated rings. The summed E-state index contributed by atoms with van der Waals surface area (Å²) in [5.74, 6) is 0.146. The molecule has 2 atom stereocenters. The highest BCUT2D eigenvalue weighted by atomic mass is 16.2. The van der Waals surface area contributed by atoms with Crippen LogP contribution in [0.1, 0.15) is 52.4 Å². The van der Waals surface area contributed by atoms with Crippen molar-refractivity contribution >= 4 is 11.8 Å². The van der Waals surface area contributed by atoms with E-state index in [0.717, 1.165) is 51.4 Å². The summed E-state index contributed by atoms with van der Waals surface area (Å²) >= 11 is 0. The van der Waals surface area contributed by atoms with Gasteiger partial charge in [0, 0.05) is 37.6 Å². The number of amides is 2. The Morgan fingerprint density at radius 3 is 2.50 bits per heavy atom. The van der Waals surface area contributed by atoms with E-state index < -0.39 is 0 Å². The summed E-state index contributed by atoms with van der Waals surface area (Å²) in [5.41, 5.74) is 0. The molecule has 3 aliphatic rings. The average Bonchev–Trinajstić information content (AvgIpc) is 3.26. The molecule has 2 saturated heterocycles. The van der Waals surface area contributed by atoms with Gasteiger partial charge < -0.3 is 10.2 Å². The molecule has 5 nitrogen and oxygen atoms in total. The molecule has 22 heavy (non-hydrogen) atoms. The molecule has 1 aliphatic carbocycles. The van der Waals surface area contributed by atoms with E-state index in [1.807, 2.05) is 18.7 Å². The standard InChI is InChI=1S/C17H29N3O2/c1-12(2)17(22)20-9-4-3-5-15(20)16(21)18-13-8-10-19(11-13)14-6-7-14/h12-15H,3-11H2,1-2H3,(H,18,21). The topological polar surface area (TPSA) is 52.7 Å². The first-order chi connectivity index (χ1) is 10.6. The Hall–Kier alpha value is -1.10. The van der Waals surface area contributed by atoms with Gasteiger partial charge in [0.1, 0.15) is 6.04 Å². The van der Waals surface area contributed by atoms with Crippen molar-refractivity contribution < 1.29 is 9.59 Å². The Bertz CT molecular complexity index is 434. The zero-order valence-electron chi connectivity index (χ0n) is 13.9. The molecule has 2 heterocycles. The number of nitrogens with one attached hydrogen (secondary N) is 1. The number of hydrogen-bond acceptors (Lipinski definition) is 3. The second kappa shape index (κ2) is 6.57. The first kappa shape index (κ1) is 15.8. The van der Waals surface area contributed by atoms with Gasteiger partial charge >= 0.3 is 0 Å². The predicted molar refractivity (Wildman–Crippen MR) is 85.3 cm³/mol. The summed E-state index contributed by atoms with van der Waals surface area (Å²) in [5, 5.41) is 3.21. The number of piperidine rings is 1. The van der Waals surface area contributed by atoms with Crippen molar-refractivity contribution in [2.75, 3.05) is 19.6 Å². The molecular formula is C17H29N3O2. The molecule has 0 spiro atoms. The summed E-state index contributed by atoms with van der Waals surface area (Å²) in [4.78, 5) is 29.3. The largest absolute Gasteiger partial charge is 0.350 e. The summed E-state index contributed by atoms with van der Waals surface area (Å²) in [6.07, 6.45) is 6.55. The molecule has 0 aromatic heterocycles.